The zero-order valence-electron chi connectivity index (χ0n) is 12.6. The number of Topliss-reactive ketones (excluding diaryl/α,β-unsaturated/α-hetero) is 1. The molecule has 1 unspecified atom stereocenters. The molecule has 21 heavy (non-hydrogen) atoms. The van der Waals surface area contributed by atoms with Crippen molar-refractivity contribution in [3.8, 4) is 6.07 Å². The predicted molar refractivity (Wildman–Crippen MR) is 84.4 cm³/mol. The molecule has 0 aliphatic carbocycles. The SMILES string of the molecule is Cc1cccc(C(=O)C(C#N)c2ccc(C(C)C)cc2)c1. The second-order valence-corrected chi connectivity index (χ2v) is 5.62. The zero-order valence-corrected chi connectivity index (χ0v) is 12.6. The van der Waals surface area contributed by atoms with Crippen molar-refractivity contribution < 1.29 is 4.79 Å². The lowest BCUT2D eigenvalue weighted by atomic mass is 9.90. The van der Waals surface area contributed by atoms with Crippen LogP contribution in [0.1, 0.15) is 52.7 Å². The summed E-state index contributed by atoms with van der Waals surface area (Å²) in [7, 11) is 0. The van der Waals surface area contributed by atoms with Crippen molar-refractivity contribution in [1.82, 2.24) is 0 Å². The van der Waals surface area contributed by atoms with E-state index < -0.39 is 5.92 Å². The summed E-state index contributed by atoms with van der Waals surface area (Å²) in [6, 6.07) is 17.3. The first-order valence-electron chi connectivity index (χ1n) is 7.13. The van der Waals surface area contributed by atoms with E-state index >= 15 is 0 Å². The van der Waals surface area contributed by atoms with Gasteiger partial charge in [-0.05, 0) is 30.0 Å². The molecule has 0 heterocycles. The van der Waals surface area contributed by atoms with Crippen LogP contribution in [0.2, 0.25) is 0 Å². The molecule has 2 rings (SSSR count). The Morgan fingerprint density at radius 3 is 2.19 bits per heavy atom. The van der Waals surface area contributed by atoms with Crippen LogP contribution in [0.25, 0.3) is 0 Å². The minimum absolute atomic E-state index is 0.140. The zero-order chi connectivity index (χ0) is 15.4. The molecule has 0 aromatic heterocycles. The van der Waals surface area contributed by atoms with Crippen molar-refractivity contribution in [2.24, 2.45) is 0 Å². The minimum atomic E-state index is -0.743. The van der Waals surface area contributed by atoms with Gasteiger partial charge >= 0.3 is 0 Å². The molecule has 0 aliphatic heterocycles. The topological polar surface area (TPSA) is 40.9 Å². The molecular weight excluding hydrogens is 258 g/mol. The van der Waals surface area contributed by atoms with E-state index in [1.165, 1.54) is 5.56 Å². The number of ketones is 1. The van der Waals surface area contributed by atoms with Gasteiger partial charge in [-0.2, -0.15) is 5.26 Å². The third kappa shape index (κ3) is 3.38. The monoisotopic (exact) mass is 277 g/mol. The molecule has 2 heteroatoms. The Kier molecular flexibility index (Phi) is 4.55. The summed E-state index contributed by atoms with van der Waals surface area (Å²) >= 11 is 0. The number of carbonyl (C=O) groups excluding carboxylic acids is 1. The van der Waals surface area contributed by atoms with E-state index in [1.54, 1.807) is 6.07 Å². The van der Waals surface area contributed by atoms with Crippen LogP contribution in [0.3, 0.4) is 0 Å². The summed E-state index contributed by atoms with van der Waals surface area (Å²) in [5.74, 6) is -0.446. The Hall–Kier alpha value is -2.40. The maximum absolute atomic E-state index is 12.5. The second kappa shape index (κ2) is 6.37. The molecule has 1 atom stereocenters. The third-order valence-corrected chi connectivity index (χ3v) is 3.63. The highest BCUT2D eigenvalue weighted by Gasteiger charge is 2.21. The summed E-state index contributed by atoms with van der Waals surface area (Å²) in [6.45, 7) is 6.18. The van der Waals surface area contributed by atoms with Crippen LogP contribution in [0, 0.1) is 18.3 Å². The van der Waals surface area contributed by atoms with Gasteiger partial charge in [0.25, 0.3) is 0 Å². The molecule has 0 radical (unpaired) electrons. The Morgan fingerprint density at radius 1 is 1.05 bits per heavy atom. The number of aryl methyl sites for hydroxylation is 1. The fraction of sp³-hybridized carbons (Fsp3) is 0.263. The smallest absolute Gasteiger partial charge is 0.184 e. The van der Waals surface area contributed by atoms with Gasteiger partial charge in [0.2, 0.25) is 0 Å². The number of hydrogen-bond donors (Lipinski definition) is 0. The van der Waals surface area contributed by atoms with Gasteiger partial charge in [0, 0.05) is 5.56 Å². The van der Waals surface area contributed by atoms with Crippen molar-refractivity contribution in [3.63, 3.8) is 0 Å². The quantitative estimate of drug-likeness (QED) is 0.766. The van der Waals surface area contributed by atoms with E-state index in [9.17, 15) is 10.1 Å². The Labute approximate surface area is 126 Å². The standard InChI is InChI=1S/C19H19NO/c1-13(2)15-7-9-16(10-8-15)18(12-20)19(21)17-6-4-5-14(3)11-17/h4-11,13,18H,1-3H3. The highest BCUT2D eigenvalue weighted by atomic mass is 16.1. The van der Waals surface area contributed by atoms with Crippen molar-refractivity contribution in [3.05, 3.63) is 70.8 Å². The number of carbonyl (C=O) groups is 1. The molecule has 106 valence electrons. The molecule has 0 N–H and O–H groups in total. The molecule has 2 nitrogen and oxygen atoms in total. The van der Waals surface area contributed by atoms with Crippen molar-refractivity contribution in [2.75, 3.05) is 0 Å². The predicted octanol–water partition coefficient (Wildman–Crippen LogP) is 4.61. The van der Waals surface area contributed by atoms with E-state index in [2.05, 4.69) is 19.9 Å². The first kappa shape index (κ1) is 15.0. The van der Waals surface area contributed by atoms with Gasteiger partial charge in [-0.25, -0.2) is 0 Å². The first-order chi connectivity index (χ1) is 10.0. The van der Waals surface area contributed by atoms with E-state index in [1.807, 2.05) is 49.4 Å². The highest BCUT2D eigenvalue weighted by molar-refractivity contribution is 6.02. The number of nitrogens with zero attached hydrogens (tertiary/aromatic N) is 1. The first-order valence-corrected chi connectivity index (χ1v) is 7.13. The summed E-state index contributed by atoms with van der Waals surface area (Å²) < 4.78 is 0. The molecular formula is C19H19NO. The lowest BCUT2D eigenvalue weighted by Gasteiger charge is -2.11. The normalized spacial score (nSPS) is 12.0. The third-order valence-electron chi connectivity index (χ3n) is 3.63. The van der Waals surface area contributed by atoms with E-state index in [4.69, 9.17) is 0 Å². The molecule has 0 saturated carbocycles. The van der Waals surface area contributed by atoms with Crippen molar-refractivity contribution in [1.29, 1.82) is 5.26 Å². The highest BCUT2D eigenvalue weighted by Crippen LogP contribution is 2.23. The average Bonchev–Trinajstić information content (AvgIpc) is 2.48. The van der Waals surface area contributed by atoms with Crippen LogP contribution in [0.15, 0.2) is 48.5 Å². The van der Waals surface area contributed by atoms with E-state index in [0.717, 1.165) is 11.1 Å². The van der Waals surface area contributed by atoms with Gasteiger partial charge in [-0.15, -0.1) is 0 Å². The van der Waals surface area contributed by atoms with E-state index in [0.29, 0.717) is 11.5 Å². The maximum Gasteiger partial charge on any atom is 0.184 e. The second-order valence-electron chi connectivity index (χ2n) is 5.62. The van der Waals surface area contributed by atoms with Crippen LogP contribution in [-0.4, -0.2) is 5.78 Å². The fourth-order valence-electron chi connectivity index (χ4n) is 2.32. The molecule has 0 saturated heterocycles. The summed E-state index contributed by atoms with van der Waals surface area (Å²) in [5.41, 5.74) is 3.58. The molecule has 0 bridgehead atoms. The van der Waals surface area contributed by atoms with Crippen LogP contribution in [0.4, 0.5) is 0 Å². The molecule has 2 aromatic rings. The van der Waals surface area contributed by atoms with Gasteiger partial charge in [0.1, 0.15) is 5.92 Å². The number of benzene rings is 2. The summed E-state index contributed by atoms with van der Waals surface area (Å²) in [4.78, 5) is 12.5. The van der Waals surface area contributed by atoms with Crippen molar-refractivity contribution in [2.45, 2.75) is 32.6 Å². The van der Waals surface area contributed by atoms with Gasteiger partial charge in [-0.3, -0.25) is 4.79 Å². The lowest BCUT2D eigenvalue weighted by molar-refractivity contribution is 0.0979. The number of nitriles is 1. The Balaban J connectivity index is 2.31. The Bertz CT molecular complexity index is 677. The van der Waals surface area contributed by atoms with Crippen LogP contribution >= 0.6 is 0 Å². The molecule has 0 fully saturated rings. The average molecular weight is 277 g/mol. The van der Waals surface area contributed by atoms with Crippen LogP contribution < -0.4 is 0 Å². The van der Waals surface area contributed by atoms with Gasteiger partial charge in [0.15, 0.2) is 5.78 Å². The number of rotatable bonds is 4. The summed E-state index contributed by atoms with van der Waals surface area (Å²) in [5, 5.41) is 9.39. The fourth-order valence-corrected chi connectivity index (χ4v) is 2.32. The molecule has 2 aromatic carbocycles. The van der Waals surface area contributed by atoms with Crippen LogP contribution in [0.5, 0.6) is 0 Å². The van der Waals surface area contributed by atoms with Gasteiger partial charge in [0.05, 0.1) is 6.07 Å². The van der Waals surface area contributed by atoms with Gasteiger partial charge < -0.3 is 0 Å². The largest absolute Gasteiger partial charge is 0.292 e. The Morgan fingerprint density at radius 2 is 1.67 bits per heavy atom. The molecule has 0 amide bonds. The van der Waals surface area contributed by atoms with Crippen molar-refractivity contribution >= 4 is 5.78 Å². The van der Waals surface area contributed by atoms with Gasteiger partial charge in [-0.1, -0.05) is 61.9 Å². The number of hydrogen-bond acceptors (Lipinski definition) is 2. The lowest BCUT2D eigenvalue weighted by Crippen LogP contribution is -2.11. The molecule has 0 spiro atoms. The molecule has 0 aliphatic rings. The maximum atomic E-state index is 12.5. The minimum Gasteiger partial charge on any atom is -0.292 e. The van der Waals surface area contributed by atoms with Crippen LogP contribution in [-0.2, 0) is 0 Å². The van der Waals surface area contributed by atoms with E-state index in [-0.39, 0.29) is 5.78 Å². The summed E-state index contributed by atoms with van der Waals surface area (Å²) in [6.07, 6.45) is 0.